The van der Waals surface area contributed by atoms with Crippen molar-refractivity contribution in [2.75, 3.05) is 4.31 Å². The predicted octanol–water partition coefficient (Wildman–Crippen LogP) is 4.80. The highest BCUT2D eigenvalue weighted by molar-refractivity contribution is 8.00. The van der Waals surface area contributed by atoms with Crippen molar-refractivity contribution in [1.82, 2.24) is 4.98 Å². The maximum atomic E-state index is 11.0. The van der Waals surface area contributed by atoms with Gasteiger partial charge in [0.25, 0.3) is 0 Å². The van der Waals surface area contributed by atoms with Gasteiger partial charge in [-0.15, -0.1) is 0 Å². The Morgan fingerprint density at radius 2 is 1.76 bits per heavy atom. The van der Waals surface area contributed by atoms with Gasteiger partial charge >= 0.3 is 5.97 Å². The topological polar surface area (TPSA) is 53.4 Å². The lowest BCUT2D eigenvalue weighted by Crippen LogP contribution is -2.16. The van der Waals surface area contributed by atoms with Crippen LogP contribution in [0.1, 0.15) is 21.5 Å². The van der Waals surface area contributed by atoms with E-state index >= 15 is 0 Å². The Morgan fingerprint density at radius 3 is 2.40 bits per heavy atom. The van der Waals surface area contributed by atoms with Gasteiger partial charge in [0.1, 0.15) is 5.82 Å². The molecular weight excluding hydrogens is 332 g/mol. The summed E-state index contributed by atoms with van der Waals surface area (Å²) in [5, 5.41) is 9.04. The average Bonchev–Trinajstić information content (AvgIpc) is 2.63. The molecule has 0 aliphatic rings. The molecule has 1 N–H and O–H groups in total. The maximum absolute atomic E-state index is 11.0. The number of aromatic nitrogens is 1. The first-order chi connectivity index (χ1) is 12.1. The summed E-state index contributed by atoms with van der Waals surface area (Å²) in [5.41, 5.74) is 2.56. The zero-order valence-electron chi connectivity index (χ0n) is 13.8. The third-order valence-electron chi connectivity index (χ3n) is 3.70. The standard InChI is InChI=1S/C20H18N2O2S/c1-15-6-5-13-21-19(15)22(14-16-7-3-2-4-8-16)25-18-11-9-17(10-12-18)20(23)24/h2-13H,14H2,1H3,(H,23,24). The molecule has 2 aromatic carbocycles. The van der Waals surface area contributed by atoms with E-state index < -0.39 is 5.97 Å². The van der Waals surface area contributed by atoms with Crippen LogP contribution in [0.2, 0.25) is 0 Å². The molecule has 0 atom stereocenters. The van der Waals surface area contributed by atoms with E-state index in [-0.39, 0.29) is 5.56 Å². The Bertz CT molecular complexity index is 851. The second-order valence-electron chi connectivity index (χ2n) is 5.59. The molecule has 0 saturated carbocycles. The van der Waals surface area contributed by atoms with Gasteiger partial charge in [-0.1, -0.05) is 36.4 Å². The molecular formula is C20H18N2O2S. The molecule has 0 aliphatic heterocycles. The summed E-state index contributed by atoms with van der Waals surface area (Å²) in [5.74, 6) is -0.0167. The zero-order chi connectivity index (χ0) is 17.6. The third kappa shape index (κ3) is 4.39. The minimum atomic E-state index is -0.918. The first-order valence-corrected chi connectivity index (χ1v) is 8.65. The molecule has 0 spiro atoms. The minimum Gasteiger partial charge on any atom is -0.478 e. The van der Waals surface area contributed by atoms with Crippen LogP contribution in [0.5, 0.6) is 0 Å². The van der Waals surface area contributed by atoms with Crippen LogP contribution >= 0.6 is 11.9 Å². The van der Waals surface area contributed by atoms with Gasteiger partial charge in [-0.05, 0) is 60.3 Å². The Morgan fingerprint density at radius 1 is 1.04 bits per heavy atom. The van der Waals surface area contributed by atoms with Crippen LogP contribution in [0.15, 0.2) is 77.8 Å². The van der Waals surface area contributed by atoms with Crippen LogP contribution in [-0.2, 0) is 6.54 Å². The summed E-state index contributed by atoms with van der Waals surface area (Å²) in [4.78, 5) is 16.5. The number of anilines is 1. The Hall–Kier alpha value is -2.79. The van der Waals surface area contributed by atoms with E-state index in [0.717, 1.165) is 16.3 Å². The van der Waals surface area contributed by atoms with Crippen molar-refractivity contribution in [3.8, 4) is 0 Å². The second kappa shape index (κ2) is 7.85. The van der Waals surface area contributed by atoms with Gasteiger partial charge in [0.05, 0.1) is 12.1 Å². The molecule has 126 valence electrons. The lowest BCUT2D eigenvalue weighted by molar-refractivity contribution is 0.0697. The van der Waals surface area contributed by atoms with Crippen molar-refractivity contribution < 1.29 is 9.90 Å². The molecule has 1 aromatic heterocycles. The number of carbonyl (C=O) groups is 1. The normalized spacial score (nSPS) is 10.4. The SMILES string of the molecule is Cc1cccnc1N(Cc1ccccc1)Sc1ccc(C(=O)O)cc1. The molecule has 4 nitrogen and oxygen atoms in total. The van der Waals surface area contributed by atoms with E-state index in [4.69, 9.17) is 5.11 Å². The fraction of sp³-hybridized carbons (Fsp3) is 0.100. The van der Waals surface area contributed by atoms with Crippen molar-refractivity contribution in [2.45, 2.75) is 18.4 Å². The van der Waals surface area contributed by atoms with Crippen LogP contribution < -0.4 is 4.31 Å². The van der Waals surface area contributed by atoms with E-state index in [2.05, 4.69) is 21.4 Å². The summed E-state index contributed by atoms with van der Waals surface area (Å²) in [6.07, 6.45) is 1.79. The number of rotatable bonds is 6. The van der Waals surface area contributed by atoms with E-state index in [0.29, 0.717) is 6.54 Å². The first-order valence-electron chi connectivity index (χ1n) is 7.88. The van der Waals surface area contributed by atoms with Crippen LogP contribution in [0.25, 0.3) is 0 Å². The molecule has 25 heavy (non-hydrogen) atoms. The van der Waals surface area contributed by atoms with Crippen molar-refractivity contribution >= 4 is 23.7 Å². The molecule has 0 aliphatic carbocycles. The number of carboxylic acids is 1. The van der Waals surface area contributed by atoms with Gasteiger partial charge in [0.15, 0.2) is 0 Å². The summed E-state index contributed by atoms with van der Waals surface area (Å²) in [6.45, 7) is 2.73. The van der Waals surface area contributed by atoms with Crippen molar-refractivity contribution in [3.63, 3.8) is 0 Å². The van der Waals surface area contributed by atoms with Gasteiger partial charge in [0, 0.05) is 11.1 Å². The Labute approximate surface area is 151 Å². The van der Waals surface area contributed by atoms with Crippen LogP contribution in [0, 0.1) is 6.92 Å². The molecule has 0 bridgehead atoms. The summed E-state index contributed by atoms with van der Waals surface area (Å²) < 4.78 is 2.13. The third-order valence-corrected chi connectivity index (χ3v) is 4.71. The fourth-order valence-corrected chi connectivity index (χ4v) is 3.43. The molecule has 0 radical (unpaired) electrons. The van der Waals surface area contributed by atoms with Crippen LogP contribution in [0.4, 0.5) is 5.82 Å². The van der Waals surface area contributed by atoms with E-state index in [1.165, 1.54) is 5.56 Å². The number of aryl methyl sites for hydroxylation is 1. The molecule has 1 heterocycles. The van der Waals surface area contributed by atoms with Crippen molar-refractivity contribution in [3.05, 3.63) is 89.6 Å². The van der Waals surface area contributed by atoms with Gasteiger partial charge in [0.2, 0.25) is 0 Å². The summed E-state index contributed by atoms with van der Waals surface area (Å²) >= 11 is 1.55. The van der Waals surface area contributed by atoms with Crippen molar-refractivity contribution in [2.24, 2.45) is 0 Å². The highest BCUT2D eigenvalue weighted by Crippen LogP contribution is 2.31. The lowest BCUT2D eigenvalue weighted by Gasteiger charge is -2.24. The van der Waals surface area contributed by atoms with E-state index in [9.17, 15) is 4.79 Å². The largest absolute Gasteiger partial charge is 0.478 e. The Balaban J connectivity index is 1.88. The quantitative estimate of drug-likeness (QED) is 0.647. The number of nitrogens with zero attached hydrogens (tertiary/aromatic N) is 2. The van der Waals surface area contributed by atoms with Gasteiger partial charge in [-0.25, -0.2) is 9.78 Å². The minimum absolute atomic E-state index is 0.285. The summed E-state index contributed by atoms with van der Waals surface area (Å²) in [7, 11) is 0. The number of benzene rings is 2. The lowest BCUT2D eigenvalue weighted by atomic mass is 10.2. The number of carboxylic acid groups (broad SMARTS) is 1. The van der Waals surface area contributed by atoms with Crippen LogP contribution in [0.3, 0.4) is 0 Å². The number of pyridine rings is 1. The molecule has 0 saturated heterocycles. The van der Waals surface area contributed by atoms with E-state index in [1.807, 2.05) is 49.4 Å². The number of aromatic carboxylic acids is 1. The zero-order valence-corrected chi connectivity index (χ0v) is 14.6. The van der Waals surface area contributed by atoms with E-state index in [1.54, 1.807) is 30.3 Å². The highest BCUT2D eigenvalue weighted by atomic mass is 32.2. The molecule has 3 aromatic rings. The van der Waals surface area contributed by atoms with Gasteiger partial charge in [-0.3, -0.25) is 4.31 Å². The molecule has 0 amide bonds. The van der Waals surface area contributed by atoms with Crippen LogP contribution in [-0.4, -0.2) is 16.1 Å². The molecule has 5 heteroatoms. The maximum Gasteiger partial charge on any atom is 0.335 e. The number of hydrogen-bond donors (Lipinski definition) is 1. The highest BCUT2D eigenvalue weighted by Gasteiger charge is 2.14. The molecule has 3 rings (SSSR count). The molecule has 0 unspecified atom stereocenters. The monoisotopic (exact) mass is 350 g/mol. The van der Waals surface area contributed by atoms with Crippen molar-refractivity contribution in [1.29, 1.82) is 0 Å². The van der Waals surface area contributed by atoms with Gasteiger partial charge < -0.3 is 5.11 Å². The van der Waals surface area contributed by atoms with Gasteiger partial charge in [-0.2, -0.15) is 0 Å². The Kier molecular flexibility index (Phi) is 5.36. The smallest absolute Gasteiger partial charge is 0.335 e. The molecule has 0 fully saturated rings. The number of hydrogen-bond acceptors (Lipinski definition) is 4. The first kappa shape index (κ1) is 17.0. The summed E-state index contributed by atoms with van der Waals surface area (Å²) in [6, 6.07) is 21.1. The predicted molar refractivity (Wildman–Crippen MR) is 101 cm³/mol. The average molecular weight is 350 g/mol. The fourth-order valence-electron chi connectivity index (χ4n) is 2.42. The second-order valence-corrected chi connectivity index (χ2v) is 6.68.